The van der Waals surface area contributed by atoms with Crippen LogP contribution in [0, 0.1) is 6.92 Å². The summed E-state index contributed by atoms with van der Waals surface area (Å²) in [7, 11) is 0. The number of amides is 2. The van der Waals surface area contributed by atoms with Crippen molar-refractivity contribution in [3.05, 3.63) is 168 Å². The zero-order valence-corrected chi connectivity index (χ0v) is 28.4. The first-order valence-electron chi connectivity index (χ1n) is 16.5. The summed E-state index contributed by atoms with van der Waals surface area (Å²) in [5.41, 5.74) is 15.0. The van der Waals surface area contributed by atoms with E-state index in [4.69, 9.17) is 9.68 Å². The van der Waals surface area contributed by atoms with E-state index in [2.05, 4.69) is 41.5 Å². The molecule has 3 aromatic carbocycles. The molecule has 2 aliphatic heterocycles. The number of nitrogens with one attached hydrogen (secondary N) is 4. The Morgan fingerprint density at radius 2 is 1.08 bits per heavy atom. The Bertz CT molecular complexity index is 2190. The molecule has 0 spiro atoms. The number of hydroxylamine groups is 2. The molecule has 0 aliphatic carbocycles. The second-order valence-electron chi connectivity index (χ2n) is 11.8. The van der Waals surface area contributed by atoms with Gasteiger partial charge in [-0.25, -0.2) is 20.5 Å². The van der Waals surface area contributed by atoms with E-state index in [-0.39, 0.29) is 0 Å². The van der Waals surface area contributed by atoms with E-state index in [1.807, 2.05) is 79.7 Å². The maximum absolute atomic E-state index is 12.9. The van der Waals surface area contributed by atoms with Crippen LogP contribution in [-0.2, 0) is 9.68 Å². The van der Waals surface area contributed by atoms with Gasteiger partial charge in [0, 0.05) is 82.0 Å². The molecule has 12 heteroatoms. The number of hydrogen-bond donors (Lipinski definition) is 4. The van der Waals surface area contributed by atoms with E-state index in [1.54, 1.807) is 79.7 Å². The maximum Gasteiger partial charge on any atom is 0.435 e. The lowest BCUT2D eigenvalue weighted by molar-refractivity contribution is 0.130. The Morgan fingerprint density at radius 3 is 1.53 bits per heavy atom. The molecule has 7 rings (SSSR count). The van der Waals surface area contributed by atoms with Crippen molar-refractivity contribution in [1.82, 2.24) is 20.9 Å². The molecule has 4 heterocycles. The zero-order valence-electron chi connectivity index (χ0n) is 28.4. The molecule has 0 radical (unpaired) electrons. The van der Waals surface area contributed by atoms with Gasteiger partial charge in [-0.15, -0.1) is 0 Å². The number of fused-ring (bicyclic) bond motifs is 2. The Labute approximate surface area is 305 Å². The van der Waals surface area contributed by atoms with Gasteiger partial charge in [-0.1, -0.05) is 48.6 Å². The second kappa shape index (κ2) is 16.0. The number of aromatic nitrogens is 2. The molecule has 0 fully saturated rings. The fourth-order valence-corrected chi connectivity index (χ4v) is 5.53. The maximum atomic E-state index is 12.9. The van der Waals surface area contributed by atoms with E-state index >= 15 is 0 Å². The molecule has 260 valence electrons. The minimum absolute atomic E-state index is 0.383. The first-order valence-corrected chi connectivity index (χ1v) is 16.5. The van der Waals surface area contributed by atoms with E-state index in [1.165, 1.54) is 0 Å². The third kappa shape index (κ3) is 8.59. The monoisotopic (exact) mass is 700 g/mol. The number of allylic oxidation sites excluding steroid dienone is 6. The highest BCUT2D eigenvalue weighted by atomic mass is 16.7. The summed E-state index contributed by atoms with van der Waals surface area (Å²) < 4.78 is 0. The van der Waals surface area contributed by atoms with Gasteiger partial charge < -0.3 is 9.68 Å². The van der Waals surface area contributed by atoms with Crippen molar-refractivity contribution in [3.63, 3.8) is 0 Å². The second-order valence-corrected chi connectivity index (χ2v) is 11.8. The van der Waals surface area contributed by atoms with Crippen molar-refractivity contribution < 1.29 is 19.3 Å². The minimum Gasteiger partial charge on any atom is -0.324 e. The van der Waals surface area contributed by atoms with Crippen molar-refractivity contribution in [2.45, 2.75) is 6.92 Å². The summed E-state index contributed by atoms with van der Waals surface area (Å²) in [4.78, 5) is 53.9. The van der Waals surface area contributed by atoms with Gasteiger partial charge in [-0.05, 0) is 79.2 Å². The van der Waals surface area contributed by atoms with Gasteiger partial charge in [0.2, 0.25) is 0 Å². The van der Waals surface area contributed by atoms with Crippen molar-refractivity contribution in [3.8, 4) is 0 Å². The molecule has 0 atom stereocenters. The van der Waals surface area contributed by atoms with Crippen LogP contribution in [0.15, 0.2) is 150 Å². The van der Waals surface area contributed by atoms with Gasteiger partial charge in [0.05, 0.1) is 22.8 Å². The number of para-hydroxylation sites is 2. The van der Waals surface area contributed by atoms with E-state index in [0.29, 0.717) is 33.9 Å². The van der Waals surface area contributed by atoms with Crippen LogP contribution in [0.1, 0.15) is 27.8 Å². The molecule has 4 N–H and O–H groups in total. The minimum atomic E-state index is -0.781. The molecule has 2 amide bonds. The van der Waals surface area contributed by atoms with Crippen molar-refractivity contribution in [2.24, 2.45) is 9.98 Å². The first kappa shape index (κ1) is 33.9. The van der Waals surface area contributed by atoms with Crippen LogP contribution >= 0.6 is 0 Å². The SMILES string of the molecule is Cc1cc(NC(=O)ON/C(=C/C=C2\C=Nc3ccccc32)c2cccnc2)cc(NC(=O)ON/C(=C/C=C2\C=Nc3ccccc32)c2cccnc2)c1. The highest BCUT2D eigenvalue weighted by molar-refractivity contribution is 6.17. The normalized spacial score (nSPS) is 14.4. The Kier molecular flexibility index (Phi) is 10.2. The number of nitrogens with zero attached hydrogens (tertiary/aromatic N) is 4. The molecule has 0 bridgehead atoms. The summed E-state index contributed by atoms with van der Waals surface area (Å²) in [5, 5.41) is 5.38. The lowest BCUT2D eigenvalue weighted by Gasteiger charge is -2.14. The standard InChI is InChI=1S/C41H32N8O4/c1-27-20-32(46-40(50)52-48-36(30-8-6-18-42-23-30)16-14-28-25-44-38-12-4-2-10-34(28)38)22-33(21-27)47-41(51)53-49-37(31-9-7-19-43-24-31)17-15-29-26-45-39-13-5-3-11-35(29)39/h2-26,48-49H,1H3,(H,46,50)(H,47,51)/b28-14+,29-15+,36-16+,37-17+. The number of aryl methyl sites for hydroxylation is 1. The summed E-state index contributed by atoms with van der Waals surface area (Å²) in [5.74, 6) is 0. The van der Waals surface area contributed by atoms with Gasteiger partial charge in [-0.3, -0.25) is 30.6 Å². The van der Waals surface area contributed by atoms with Crippen LogP contribution in [-0.4, -0.2) is 34.6 Å². The first-order chi connectivity index (χ1) is 26.0. The van der Waals surface area contributed by atoms with E-state index in [0.717, 1.165) is 39.2 Å². The van der Waals surface area contributed by atoms with Crippen LogP contribution in [0.2, 0.25) is 0 Å². The molecule has 2 aliphatic rings. The molecule has 0 saturated heterocycles. The van der Waals surface area contributed by atoms with Crippen molar-refractivity contribution >= 4 is 69.9 Å². The highest BCUT2D eigenvalue weighted by Gasteiger charge is 2.14. The van der Waals surface area contributed by atoms with Crippen LogP contribution in [0.4, 0.5) is 32.3 Å². The van der Waals surface area contributed by atoms with Gasteiger partial charge >= 0.3 is 12.2 Å². The molecule has 0 unspecified atom stereocenters. The molecular weight excluding hydrogens is 669 g/mol. The summed E-state index contributed by atoms with van der Waals surface area (Å²) in [6.45, 7) is 1.83. The Hall–Kier alpha value is -7.60. The summed E-state index contributed by atoms with van der Waals surface area (Å²) >= 11 is 0. The summed E-state index contributed by atoms with van der Waals surface area (Å²) in [6, 6.07) is 27.9. The molecular formula is C41H32N8O4. The molecule has 53 heavy (non-hydrogen) atoms. The number of anilines is 2. The smallest absolute Gasteiger partial charge is 0.324 e. The summed E-state index contributed by atoms with van der Waals surface area (Å²) in [6.07, 6.45) is 16.0. The lowest BCUT2D eigenvalue weighted by Crippen LogP contribution is -2.24. The van der Waals surface area contributed by atoms with Crippen LogP contribution in [0.3, 0.4) is 0 Å². The van der Waals surface area contributed by atoms with E-state index in [9.17, 15) is 9.59 Å². The quantitative estimate of drug-likeness (QED) is 0.106. The van der Waals surface area contributed by atoms with Crippen LogP contribution in [0.5, 0.6) is 0 Å². The molecule has 5 aromatic rings. The fraction of sp³-hybridized carbons (Fsp3) is 0.0244. The van der Waals surface area contributed by atoms with Gasteiger partial charge in [0.15, 0.2) is 0 Å². The van der Waals surface area contributed by atoms with Gasteiger partial charge in [0.25, 0.3) is 0 Å². The largest absolute Gasteiger partial charge is 0.435 e. The number of rotatable bonds is 10. The number of benzene rings is 3. The fourth-order valence-electron chi connectivity index (χ4n) is 5.53. The Morgan fingerprint density at radius 1 is 0.604 bits per heavy atom. The van der Waals surface area contributed by atoms with Crippen molar-refractivity contribution in [2.75, 3.05) is 10.6 Å². The number of aliphatic imine (C=N–C) groups is 2. The van der Waals surface area contributed by atoms with E-state index < -0.39 is 12.2 Å². The van der Waals surface area contributed by atoms with Crippen molar-refractivity contribution in [1.29, 1.82) is 0 Å². The predicted molar refractivity (Wildman–Crippen MR) is 207 cm³/mol. The third-order valence-corrected chi connectivity index (χ3v) is 8.00. The zero-order chi connectivity index (χ0) is 36.4. The Balaban J connectivity index is 0.989. The average molecular weight is 701 g/mol. The predicted octanol–water partition coefficient (Wildman–Crippen LogP) is 8.57. The number of pyridine rings is 2. The number of carbonyl (C=O) groups is 2. The van der Waals surface area contributed by atoms with Gasteiger partial charge in [0.1, 0.15) is 0 Å². The number of carbonyl (C=O) groups excluding carboxylic acids is 2. The third-order valence-electron chi connectivity index (χ3n) is 8.00. The average Bonchev–Trinajstić information content (AvgIpc) is 3.79. The number of hydrogen-bond acceptors (Lipinski definition) is 10. The molecule has 2 aromatic heterocycles. The molecule has 12 nitrogen and oxygen atoms in total. The van der Waals surface area contributed by atoms with Crippen LogP contribution in [0.25, 0.3) is 22.5 Å². The molecule has 0 saturated carbocycles. The van der Waals surface area contributed by atoms with Gasteiger partial charge in [-0.2, -0.15) is 0 Å². The lowest BCUT2D eigenvalue weighted by atomic mass is 10.1. The highest BCUT2D eigenvalue weighted by Crippen LogP contribution is 2.32. The van der Waals surface area contributed by atoms with Crippen LogP contribution < -0.4 is 21.6 Å². The topological polar surface area (TPSA) is 151 Å².